The number of rotatable bonds is 4. The predicted molar refractivity (Wildman–Crippen MR) is 107 cm³/mol. The third kappa shape index (κ3) is 2.68. The van der Waals surface area contributed by atoms with E-state index in [2.05, 4.69) is 38.2 Å². The summed E-state index contributed by atoms with van der Waals surface area (Å²) in [6.45, 7) is 7.84. The number of amides is 1. The van der Waals surface area contributed by atoms with Crippen molar-refractivity contribution in [1.82, 2.24) is 5.32 Å². The van der Waals surface area contributed by atoms with E-state index in [0.29, 0.717) is 24.0 Å². The summed E-state index contributed by atoms with van der Waals surface area (Å²) in [6, 6.07) is 0. The molecule has 0 aromatic rings. The molecule has 4 aliphatic carbocycles. The number of carbonyl (C=O) groups excluding carboxylic acids is 1. The molecule has 3 nitrogen and oxygen atoms in total. The first-order chi connectivity index (χ1) is 12.9. The van der Waals surface area contributed by atoms with Gasteiger partial charge in [0, 0.05) is 12.5 Å². The standard InChI is InChI=1S/C24H33NO2/c1-15(2)18-9-10-23(3)11-12-24-19(21(18)23)8-7-16(13-20(24)27-24)14-25-22(26)17-5-4-6-17/h7-8,15,17,20H,4-6,9-14H2,1-3H3,(H,25,26)/t20?,23-,24+/m1/s1. The first-order valence-electron chi connectivity index (χ1n) is 11.0. The highest BCUT2D eigenvalue weighted by Crippen LogP contribution is 2.65. The second-order valence-corrected chi connectivity index (χ2v) is 10.1. The maximum atomic E-state index is 12.2. The van der Waals surface area contributed by atoms with Gasteiger partial charge in [0.05, 0.1) is 6.10 Å². The van der Waals surface area contributed by atoms with Crippen molar-refractivity contribution >= 4 is 5.91 Å². The fraction of sp³-hybridized carbons (Fsp3) is 0.708. The van der Waals surface area contributed by atoms with Crippen LogP contribution in [-0.2, 0) is 9.53 Å². The Balaban J connectivity index is 1.42. The average Bonchev–Trinajstić information content (AvgIpc) is 3.16. The molecule has 0 aromatic carbocycles. The van der Waals surface area contributed by atoms with E-state index >= 15 is 0 Å². The van der Waals surface area contributed by atoms with Crippen molar-refractivity contribution < 1.29 is 9.53 Å². The Hall–Kier alpha value is -1.35. The fourth-order valence-corrected chi connectivity index (χ4v) is 5.94. The van der Waals surface area contributed by atoms with Crippen molar-refractivity contribution in [3.63, 3.8) is 0 Å². The van der Waals surface area contributed by atoms with E-state index in [-0.39, 0.29) is 17.4 Å². The summed E-state index contributed by atoms with van der Waals surface area (Å²) >= 11 is 0. The number of ether oxygens (including phenoxy) is 1. The summed E-state index contributed by atoms with van der Waals surface area (Å²) in [7, 11) is 0. The van der Waals surface area contributed by atoms with Crippen LogP contribution in [0.25, 0.3) is 0 Å². The molecule has 0 aromatic heterocycles. The van der Waals surface area contributed by atoms with Gasteiger partial charge in [0.2, 0.25) is 5.91 Å². The minimum absolute atomic E-state index is 0.0322. The molecular formula is C24H33NO2. The molecule has 1 heterocycles. The molecule has 5 rings (SSSR count). The summed E-state index contributed by atoms with van der Waals surface area (Å²) < 4.78 is 6.39. The Morgan fingerprint density at radius 3 is 2.78 bits per heavy atom. The van der Waals surface area contributed by atoms with E-state index in [1.807, 2.05) is 0 Å². The van der Waals surface area contributed by atoms with Gasteiger partial charge in [-0.25, -0.2) is 0 Å². The molecule has 3 atom stereocenters. The lowest BCUT2D eigenvalue weighted by Crippen LogP contribution is -2.35. The maximum absolute atomic E-state index is 12.2. The molecule has 1 N–H and O–H groups in total. The lowest BCUT2D eigenvalue weighted by atomic mass is 9.64. The molecule has 2 saturated carbocycles. The number of nitrogens with one attached hydrogen (secondary N) is 1. The van der Waals surface area contributed by atoms with Crippen LogP contribution in [0.1, 0.15) is 72.1 Å². The van der Waals surface area contributed by atoms with Gasteiger partial charge in [-0.05, 0) is 73.0 Å². The van der Waals surface area contributed by atoms with Crippen LogP contribution >= 0.6 is 0 Å². The van der Waals surface area contributed by atoms with Crippen LogP contribution in [0.4, 0.5) is 0 Å². The van der Waals surface area contributed by atoms with Crippen LogP contribution in [-0.4, -0.2) is 24.2 Å². The average molecular weight is 368 g/mol. The van der Waals surface area contributed by atoms with Gasteiger partial charge in [0.1, 0.15) is 5.60 Å². The highest BCUT2D eigenvalue weighted by molar-refractivity contribution is 5.79. The number of epoxide rings is 1. The molecule has 1 unspecified atom stereocenters. The van der Waals surface area contributed by atoms with Crippen LogP contribution in [0, 0.1) is 17.3 Å². The largest absolute Gasteiger partial charge is 0.361 e. The zero-order valence-corrected chi connectivity index (χ0v) is 17.1. The monoisotopic (exact) mass is 367 g/mol. The van der Waals surface area contributed by atoms with Crippen LogP contribution in [0.3, 0.4) is 0 Å². The Kier molecular flexibility index (Phi) is 3.99. The predicted octanol–water partition coefficient (Wildman–Crippen LogP) is 4.84. The van der Waals surface area contributed by atoms with Crippen LogP contribution in [0.15, 0.2) is 34.4 Å². The third-order valence-corrected chi connectivity index (χ3v) is 8.06. The molecular weight excluding hydrogens is 334 g/mol. The maximum Gasteiger partial charge on any atom is 0.223 e. The van der Waals surface area contributed by atoms with Gasteiger partial charge < -0.3 is 10.1 Å². The van der Waals surface area contributed by atoms with E-state index in [1.54, 1.807) is 11.1 Å². The Morgan fingerprint density at radius 2 is 2.07 bits per heavy atom. The van der Waals surface area contributed by atoms with Crippen LogP contribution in [0.2, 0.25) is 0 Å². The first kappa shape index (κ1) is 17.7. The van der Waals surface area contributed by atoms with Crippen molar-refractivity contribution in [3.8, 4) is 0 Å². The lowest BCUT2D eigenvalue weighted by molar-refractivity contribution is -0.127. The lowest BCUT2D eigenvalue weighted by Gasteiger charge is -2.39. The summed E-state index contributed by atoms with van der Waals surface area (Å²) in [6.07, 6.45) is 14.2. The van der Waals surface area contributed by atoms with E-state index in [0.717, 1.165) is 25.7 Å². The van der Waals surface area contributed by atoms with Crippen LogP contribution in [0.5, 0.6) is 0 Å². The number of hydrogen-bond acceptors (Lipinski definition) is 2. The van der Waals surface area contributed by atoms with Crippen LogP contribution < -0.4 is 5.32 Å². The third-order valence-electron chi connectivity index (χ3n) is 8.06. The number of allylic oxidation sites excluding steroid dienone is 3. The minimum atomic E-state index is -0.0322. The molecule has 1 spiro atoms. The summed E-state index contributed by atoms with van der Waals surface area (Å²) in [5.41, 5.74) is 6.38. The SMILES string of the molecule is CC(C)C1=C2C3=CC=C(CNC(=O)C4CCC4)CC4O[C@@]34CC[C@@]2(C)CC1. The van der Waals surface area contributed by atoms with E-state index in [4.69, 9.17) is 4.74 Å². The molecule has 3 heteroatoms. The topological polar surface area (TPSA) is 41.6 Å². The van der Waals surface area contributed by atoms with E-state index in [9.17, 15) is 4.79 Å². The molecule has 1 saturated heterocycles. The molecule has 5 aliphatic rings. The van der Waals surface area contributed by atoms with Gasteiger partial charge in [-0.3, -0.25) is 4.79 Å². The molecule has 3 fully saturated rings. The van der Waals surface area contributed by atoms with Gasteiger partial charge in [-0.2, -0.15) is 0 Å². The molecule has 1 amide bonds. The van der Waals surface area contributed by atoms with Crippen molar-refractivity contribution in [3.05, 3.63) is 34.4 Å². The summed E-state index contributed by atoms with van der Waals surface area (Å²) in [5.74, 6) is 1.12. The summed E-state index contributed by atoms with van der Waals surface area (Å²) in [5, 5.41) is 3.18. The Morgan fingerprint density at radius 1 is 1.26 bits per heavy atom. The number of fused-ring (bicyclic) bond motifs is 2. The molecule has 146 valence electrons. The van der Waals surface area contributed by atoms with Gasteiger partial charge >= 0.3 is 0 Å². The van der Waals surface area contributed by atoms with E-state index in [1.165, 1.54) is 36.8 Å². The van der Waals surface area contributed by atoms with Gasteiger partial charge in [-0.15, -0.1) is 0 Å². The smallest absolute Gasteiger partial charge is 0.223 e. The molecule has 27 heavy (non-hydrogen) atoms. The molecule has 0 bridgehead atoms. The van der Waals surface area contributed by atoms with Gasteiger partial charge in [0.25, 0.3) is 0 Å². The molecule has 0 radical (unpaired) electrons. The van der Waals surface area contributed by atoms with Crippen molar-refractivity contribution in [2.24, 2.45) is 17.3 Å². The highest BCUT2D eigenvalue weighted by Gasteiger charge is 2.64. The van der Waals surface area contributed by atoms with Crippen molar-refractivity contribution in [2.75, 3.05) is 6.54 Å². The van der Waals surface area contributed by atoms with E-state index < -0.39 is 0 Å². The van der Waals surface area contributed by atoms with Gasteiger partial charge in [-0.1, -0.05) is 44.9 Å². The van der Waals surface area contributed by atoms with Crippen molar-refractivity contribution in [2.45, 2.75) is 83.8 Å². The molecule has 1 aliphatic heterocycles. The van der Waals surface area contributed by atoms with Crippen molar-refractivity contribution in [1.29, 1.82) is 0 Å². The quantitative estimate of drug-likeness (QED) is 0.722. The number of carbonyl (C=O) groups is 1. The Labute approximate surface area is 163 Å². The normalized spacial score (nSPS) is 37.6. The fourth-order valence-electron chi connectivity index (χ4n) is 5.94. The zero-order valence-electron chi connectivity index (χ0n) is 17.1. The number of hydrogen-bond donors (Lipinski definition) is 1. The Bertz CT molecular complexity index is 769. The highest BCUT2D eigenvalue weighted by atomic mass is 16.6. The summed E-state index contributed by atoms with van der Waals surface area (Å²) in [4.78, 5) is 12.2. The second kappa shape index (κ2) is 6.07. The first-order valence-corrected chi connectivity index (χ1v) is 11.0. The zero-order chi connectivity index (χ0) is 18.8. The van der Waals surface area contributed by atoms with Gasteiger partial charge in [0.15, 0.2) is 0 Å². The second-order valence-electron chi connectivity index (χ2n) is 10.1. The minimum Gasteiger partial charge on any atom is -0.361 e.